The molecule has 0 saturated carbocycles. The summed E-state index contributed by atoms with van der Waals surface area (Å²) in [6.45, 7) is 4.97. The van der Waals surface area contributed by atoms with Crippen LogP contribution in [-0.2, 0) is 41.2 Å². The first kappa shape index (κ1) is 27.8. The highest BCUT2D eigenvalue weighted by molar-refractivity contribution is 7.89. The second-order valence-corrected chi connectivity index (χ2v) is 11.5. The highest BCUT2D eigenvalue weighted by Gasteiger charge is 2.42. The molecule has 0 bridgehead atoms. The average Bonchev–Trinajstić information content (AvgIpc) is 2.87. The van der Waals surface area contributed by atoms with Crippen molar-refractivity contribution in [3.63, 3.8) is 0 Å². The number of hydrogen-bond donors (Lipinski definition) is 0. The largest absolute Gasteiger partial charge is 0.489 e. The van der Waals surface area contributed by atoms with Crippen LogP contribution in [0.3, 0.4) is 0 Å². The molecule has 1 aliphatic rings. The summed E-state index contributed by atoms with van der Waals surface area (Å²) in [6.07, 6.45) is 0. The van der Waals surface area contributed by atoms with Crippen LogP contribution in [-0.4, -0.2) is 59.2 Å². The van der Waals surface area contributed by atoms with Gasteiger partial charge in [-0.15, -0.1) is 0 Å². The van der Waals surface area contributed by atoms with Crippen molar-refractivity contribution in [1.29, 1.82) is 0 Å². The van der Waals surface area contributed by atoms with Crippen LogP contribution in [0.4, 0.5) is 0 Å². The van der Waals surface area contributed by atoms with Gasteiger partial charge in [0, 0.05) is 14.1 Å². The van der Waals surface area contributed by atoms with E-state index in [4.69, 9.17) is 18.9 Å². The van der Waals surface area contributed by atoms with E-state index in [-0.39, 0.29) is 11.5 Å². The molecule has 38 heavy (non-hydrogen) atoms. The number of ether oxygens (including phenoxy) is 4. The summed E-state index contributed by atoms with van der Waals surface area (Å²) >= 11 is 0. The Hall–Kier alpha value is -3.24. The fraction of sp³-hybridized carbons (Fsp3) is 0.345. The maximum absolute atomic E-state index is 12.5. The smallest absolute Gasteiger partial charge is 0.332 e. The molecule has 3 aromatic carbocycles. The lowest BCUT2D eigenvalue weighted by Crippen LogP contribution is -2.49. The topological polar surface area (TPSA) is 91.4 Å². The third kappa shape index (κ3) is 6.07. The Labute approximate surface area is 224 Å². The normalized spacial score (nSPS) is 14.7. The van der Waals surface area contributed by atoms with Crippen molar-refractivity contribution in [2.24, 2.45) is 0 Å². The van der Waals surface area contributed by atoms with Crippen molar-refractivity contribution in [3.05, 3.63) is 83.4 Å². The third-order valence-corrected chi connectivity index (χ3v) is 8.25. The molecule has 0 spiro atoms. The molecular formula is C29H33NO7S. The minimum Gasteiger partial charge on any atom is -0.489 e. The Bertz CT molecular complexity index is 1380. The SMILES string of the molecule is CCOC(=O)COC1(c2ccc(OCc3cccc(-c4ccc(S(=O)(=O)N(C)C)cc4C)c3)cc2)COC1. The molecule has 9 heteroatoms. The van der Waals surface area contributed by atoms with E-state index in [0.29, 0.717) is 32.2 Å². The van der Waals surface area contributed by atoms with Crippen molar-refractivity contribution in [2.45, 2.75) is 31.0 Å². The lowest BCUT2D eigenvalue weighted by molar-refractivity contribution is -0.221. The molecule has 8 nitrogen and oxygen atoms in total. The number of nitrogens with zero attached hydrogens (tertiary/aromatic N) is 1. The van der Waals surface area contributed by atoms with Gasteiger partial charge in [0.05, 0.1) is 24.7 Å². The molecule has 0 aromatic heterocycles. The minimum absolute atomic E-state index is 0.126. The molecule has 0 radical (unpaired) electrons. The van der Waals surface area contributed by atoms with Crippen LogP contribution in [0.25, 0.3) is 11.1 Å². The Morgan fingerprint density at radius 2 is 1.76 bits per heavy atom. The highest BCUT2D eigenvalue weighted by Crippen LogP contribution is 2.35. The number of rotatable bonds is 11. The van der Waals surface area contributed by atoms with Crippen LogP contribution < -0.4 is 4.74 Å². The Balaban J connectivity index is 1.42. The fourth-order valence-corrected chi connectivity index (χ4v) is 5.19. The number of hydrogen-bond acceptors (Lipinski definition) is 7. The summed E-state index contributed by atoms with van der Waals surface area (Å²) in [5.74, 6) is 0.306. The second-order valence-electron chi connectivity index (χ2n) is 9.36. The number of esters is 1. The molecule has 0 aliphatic carbocycles. The number of benzene rings is 3. The monoisotopic (exact) mass is 539 g/mol. The molecule has 202 valence electrons. The van der Waals surface area contributed by atoms with Crippen LogP contribution in [0.2, 0.25) is 0 Å². The van der Waals surface area contributed by atoms with Crippen molar-refractivity contribution < 1.29 is 32.2 Å². The number of sulfonamides is 1. The summed E-state index contributed by atoms with van der Waals surface area (Å²) in [5.41, 5.74) is 4.07. The van der Waals surface area contributed by atoms with Gasteiger partial charge in [0.25, 0.3) is 0 Å². The maximum atomic E-state index is 12.5. The lowest BCUT2D eigenvalue weighted by atomic mass is 9.91. The van der Waals surface area contributed by atoms with Crippen molar-refractivity contribution in [3.8, 4) is 16.9 Å². The zero-order chi connectivity index (χ0) is 27.3. The van der Waals surface area contributed by atoms with Crippen LogP contribution in [0, 0.1) is 6.92 Å². The zero-order valence-electron chi connectivity index (χ0n) is 22.1. The summed E-state index contributed by atoms with van der Waals surface area (Å²) in [6, 6.07) is 20.8. The van der Waals surface area contributed by atoms with Crippen LogP contribution in [0.15, 0.2) is 71.6 Å². The van der Waals surface area contributed by atoms with E-state index < -0.39 is 21.6 Å². The minimum atomic E-state index is -3.49. The van der Waals surface area contributed by atoms with E-state index in [1.165, 1.54) is 18.4 Å². The van der Waals surface area contributed by atoms with E-state index in [0.717, 1.165) is 27.8 Å². The van der Waals surface area contributed by atoms with Gasteiger partial charge in [0.2, 0.25) is 10.0 Å². The highest BCUT2D eigenvalue weighted by atomic mass is 32.2. The Morgan fingerprint density at radius 1 is 1.03 bits per heavy atom. The van der Waals surface area contributed by atoms with Gasteiger partial charge in [-0.05, 0) is 72.0 Å². The summed E-state index contributed by atoms with van der Waals surface area (Å²) in [7, 11) is -0.442. The van der Waals surface area contributed by atoms with Gasteiger partial charge in [0.1, 0.15) is 24.6 Å². The molecule has 0 unspecified atom stereocenters. The van der Waals surface area contributed by atoms with Gasteiger partial charge in [0.15, 0.2) is 0 Å². The van der Waals surface area contributed by atoms with E-state index >= 15 is 0 Å². The average molecular weight is 540 g/mol. The molecule has 3 aromatic rings. The van der Waals surface area contributed by atoms with Crippen molar-refractivity contribution >= 4 is 16.0 Å². The van der Waals surface area contributed by atoms with Crippen molar-refractivity contribution in [1.82, 2.24) is 4.31 Å². The number of carbonyl (C=O) groups is 1. The van der Waals surface area contributed by atoms with E-state index in [1.54, 1.807) is 19.1 Å². The Kier molecular flexibility index (Phi) is 8.52. The maximum Gasteiger partial charge on any atom is 0.332 e. The van der Waals surface area contributed by atoms with Gasteiger partial charge in [-0.3, -0.25) is 0 Å². The van der Waals surface area contributed by atoms with E-state index in [1.807, 2.05) is 61.5 Å². The van der Waals surface area contributed by atoms with Gasteiger partial charge in [-0.1, -0.05) is 36.4 Å². The third-order valence-electron chi connectivity index (χ3n) is 6.44. The first-order valence-electron chi connectivity index (χ1n) is 12.4. The fourth-order valence-electron chi connectivity index (χ4n) is 4.20. The zero-order valence-corrected chi connectivity index (χ0v) is 22.9. The van der Waals surface area contributed by atoms with Crippen molar-refractivity contribution in [2.75, 3.05) is 40.5 Å². The first-order chi connectivity index (χ1) is 18.1. The van der Waals surface area contributed by atoms with Crippen LogP contribution >= 0.6 is 0 Å². The predicted molar refractivity (Wildman–Crippen MR) is 143 cm³/mol. The number of carbonyl (C=O) groups excluding carboxylic acids is 1. The van der Waals surface area contributed by atoms with E-state index in [2.05, 4.69) is 0 Å². The predicted octanol–water partition coefficient (Wildman–Crippen LogP) is 4.30. The number of aryl methyl sites for hydroxylation is 1. The first-order valence-corrected chi connectivity index (χ1v) is 13.8. The molecule has 0 amide bonds. The van der Waals surface area contributed by atoms with Crippen LogP contribution in [0.5, 0.6) is 5.75 Å². The standard InChI is InChI=1S/C29H33NO7S/c1-5-35-28(31)18-37-29(19-34-20-29)24-9-11-25(12-10-24)36-17-22-7-6-8-23(16-22)27-14-13-26(15-21(27)2)38(32,33)30(3)4/h6-16H,5,17-20H2,1-4H3. The summed E-state index contributed by atoms with van der Waals surface area (Å²) in [4.78, 5) is 12.0. The summed E-state index contributed by atoms with van der Waals surface area (Å²) < 4.78 is 48.3. The molecule has 1 saturated heterocycles. The van der Waals surface area contributed by atoms with Crippen LogP contribution in [0.1, 0.15) is 23.6 Å². The Morgan fingerprint density at radius 3 is 2.37 bits per heavy atom. The molecule has 0 N–H and O–H groups in total. The van der Waals surface area contributed by atoms with Gasteiger partial charge in [-0.25, -0.2) is 17.5 Å². The van der Waals surface area contributed by atoms with Gasteiger partial charge >= 0.3 is 5.97 Å². The molecule has 4 rings (SSSR count). The molecule has 1 aliphatic heterocycles. The summed E-state index contributed by atoms with van der Waals surface area (Å²) in [5, 5.41) is 0. The van der Waals surface area contributed by atoms with Gasteiger partial charge in [-0.2, -0.15) is 0 Å². The van der Waals surface area contributed by atoms with Gasteiger partial charge < -0.3 is 18.9 Å². The molecule has 1 heterocycles. The lowest BCUT2D eigenvalue weighted by Gasteiger charge is -2.41. The quantitative estimate of drug-likeness (QED) is 0.336. The molecular weight excluding hydrogens is 506 g/mol. The van der Waals surface area contributed by atoms with E-state index in [9.17, 15) is 13.2 Å². The molecule has 0 atom stereocenters. The molecule has 1 fully saturated rings. The second kappa shape index (κ2) is 11.7.